The van der Waals surface area contributed by atoms with Crippen LogP contribution < -0.4 is 10.9 Å². The molecule has 1 amide bonds. The highest BCUT2D eigenvalue weighted by Crippen LogP contribution is 2.14. The zero-order chi connectivity index (χ0) is 14.7. The van der Waals surface area contributed by atoms with Crippen molar-refractivity contribution in [3.05, 3.63) is 39.1 Å². The van der Waals surface area contributed by atoms with Gasteiger partial charge in [-0.15, -0.1) is 0 Å². The van der Waals surface area contributed by atoms with Gasteiger partial charge in [-0.3, -0.25) is 14.7 Å². The monoisotopic (exact) mass is 278 g/mol. The Kier molecular flexibility index (Phi) is 4.07. The van der Waals surface area contributed by atoms with Gasteiger partial charge in [-0.05, 0) is 6.92 Å². The molecule has 0 atom stereocenters. The predicted molar refractivity (Wildman–Crippen MR) is 72.3 cm³/mol. The molecule has 7 nitrogen and oxygen atoms in total. The first-order valence-electron chi connectivity index (χ1n) is 6.45. The lowest BCUT2D eigenvalue weighted by Gasteiger charge is -2.01. The van der Waals surface area contributed by atoms with Gasteiger partial charge in [0.2, 0.25) is 5.91 Å². The zero-order valence-electron chi connectivity index (χ0n) is 11.7. The highest BCUT2D eigenvalue weighted by molar-refractivity contribution is 5.78. The topological polar surface area (TPSA) is 104 Å². The van der Waals surface area contributed by atoms with Crippen molar-refractivity contribution in [2.24, 2.45) is 0 Å². The first-order chi connectivity index (χ1) is 9.47. The van der Waals surface area contributed by atoms with E-state index in [1.807, 2.05) is 19.9 Å². The van der Waals surface area contributed by atoms with Gasteiger partial charge in [-0.2, -0.15) is 0 Å². The predicted octanol–water partition coefficient (Wildman–Crippen LogP) is 0.982. The molecule has 0 aliphatic rings. The number of hydrogen-bond donors (Lipinski definition) is 3. The second-order valence-corrected chi connectivity index (χ2v) is 5.01. The van der Waals surface area contributed by atoms with E-state index in [9.17, 15) is 9.59 Å². The summed E-state index contributed by atoms with van der Waals surface area (Å²) in [7, 11) is 0. The molecule has 2 aromatic heterocycles. The largest absolute Gasteiger partial charge is 0.361 e. The van der Waals surface area contributed by atoms with Crippen molar-refractivity contribution in [3.8, 4) is 0 Å². The lowest BCUT2D eigenvalue weighted by atomic mass is 10.1. The highest BCUT2D eigenvalue weighted by Gasteiger charge is 2.12. The number of hydrogen-bond acceptors (Lipinski definition) is 4. The molecule has 2 rings (SSSR count). The van der Waals surface area contributed by atoms with Gasteiger partial charge in [0, 0.05) is 23.2 Å². The van der Waals surface area contributed by atoms with Crippen molar-refractivity contribution in [1.29, 1.82) is 0 Å². The van der Waals surface area contributed by atoms with Gasteiger partial charge < -0.3 is 14.9 Å². The molecule has 0 saturated carbocycles. The molecule has 0 aliphatic heterocycles. The van der Waals surface area contributed by atoms with Gasteiger partial charge in [-0.25, -0.2) is 0 Å². The summed E-state index contributed by atoms with van der Waals surface area (Å²) in [4.78, 5) is 23.2. The summed E-state index contributed by atoms with van der Waals surface area (Å²) < 4.78 is 5.14. The van der Waals surface area contributed by atoms with Crippen molar-refractivity contribution in [2.75, 3.05) is 0 Å². The number of amides is 1. The van der Waals surface area contributed by atoms with Crippen LogP contribution in [0.2, 0.25) is 0 Å². The minimum absolute atomic E-state index is 0.0412. The van der Waals surface area contributed by atoms with Crippen LogP contribution >= 0.6 is 0 Å². The number of aromatic nitrogens is 3. The Hall–Kier alpha value is -2.31. The lowest BCUT2D eigenvalue weighted by molar-refractivity contribution is -0.120. The van der Waals surface area contributed by atoms with E-state index in [1.165, 1.54) is 0 Å². The minimum Gasteiger partial charge on any atom is -0.361 e. The van der Waals surface area contributed by atoms with Crippen LogP contribution in [0, 0.1) is 6.92 Å². The van der Waals surface area contributed by atoms with Crippen molar-refractivity contribution in [1.82, 2.24) is 20.7 Å². The van der Waals surface area contributed by atoms with Crippen molar-refractivity contribution in [2.45, 2.75) is 39.7 Å². The second-order valence-electron chi connectivity index (χ2n) is 5.01. The van der Waals surface area contributed by atoms with E-state index in [-0.39, 0.29) is 30.3 Å². The number of carbonyl (C=O) groups excluding carboxylic acids is 1. The molecule has 3 N–H and O–H groups in total. The average molecular weight is 278 g/mol. The van der Waals surface area contributed by atoms with Crippen LogP contribution in [0.3, 0.4) is 0 Å². The second kappa shape index (κ2) is 5.77. The van der Waals surface area contributed by atoms with Gasteiger partial charge >= 0.3 is 0 Å². The van der Waals surface area contributed by atoms with Crippen LogP contribution in [0.5, 0.6) is 0 Å². The number of aryl methyl sites for hydroxylation is 1. The van der Waals surface area contributed by atoms with E-state index in [1.54, 1.807) is 6.92 Å². The Balaban J connectivity index is 1.90. The normalized spacial score (nSPS) is 11.0. The zero-order valence-corrected chi connectivity index (χ0v) is 11.7. The number of H-pyrrole nitrogens is 2. The number of aromatic amines is 2. The van der Waals surface area contributed by atoms with Crippen LogP contribution in [0.25, 0.3) is 0 Å². The summed E-state index contributed by atoms with van der Waals surface area (Å²) in [6, 6.07) is 1.82. The van der Waals surface area contributed by atoms with Gasteiger partial charge in [-0.1, -0.05) is 19.0 Å². The van der Waals surface area contributed by atoms with Crippen LogP contribution in [0.1, 0.15) is 42.5 Å². The van der Waals surface area contributed by atoms with E-state index in [4.69, 9.17) is 4.52 Å². The fourth-order valence-electron chi connectivity index (χ4n) is 1.78. The van der Waals surface area contributed by atoms with Crippen LogP contribution in [-0.4, -0.2) is 21.3 Å². The fourth-order valence-corrected chi connectivity index (χ4v) is 1.78. The maximum Gasteiger partial charge on any atom is 0.267 e. The van der Waals surface area contributed by atoms with Gasteiger partial charge in [0.1, 0.15) is 11.5 Å². The quantitative estimate of drug-likeness (QED) is 0.758. The first-order valence-corrected chi connectivity index (χ1v) is 6.45. The number of nitrogens with one attached hydrogen (secondary N) is 3. The van der Waals surface area contributed by atoms with Crippen molar-refractivity contribution < 1.29 is 9.32 Å². The molecule has 2 aromatic rings. The summed E-state index contributed by atoms with van der Waals surface area (Å²) in [5.41, 5.74) is 1.53. The standard InChI is InChI=1S/C13H18N4O3/c1-7(2)11-4-9(17-20-11)6-14-12(18)5-10-8(3)15-16-13(10)19/h4,7H,5-6H2,1-3H3,(H,14,18)(H2,15,16,19). The van der Waals surface area contributed by atoms with Crippen molar-refractivity contribution in [3.63, 3.8) is 0 Å². The fraction of sp³-hybridized carbons (Fsp3) is 0.462. The minimum atomic E-state index is -0.263. The van der Waals surface area contributed by atoms with Gasteiger partial charge in [0.05, 0.1) is 13.0 Å². The van der Waals surface area contributed by atoms with Gasteiger partial charge in [0.15, 0.2) is 0 Å². The SMILES string of the molecule is Cc1[nH][nH]c(=O)c1CC(=O)NCc1cc(C(C)C)on1. The lowest BCUT2D eigenvalue weighted by Crippen LogP contribution is -2.26. The average Bonchev–Trinajstić information content (AvgIpc) is 2.98. The third-order valence-electron chi connectivity index (χ3n) is 3.04. The number of rotatable bonds is 5. The molecule has 0 unspecified atom stereocenters. The Labute approximate surface area is 115 Å². The van der Waals surface area contributed by atoms with E-state index in [0.29, 0.717) is 17.0 Å². The van der Waals surface area contributed by atoms with E-state index >= 15 is 0 Å². The molecule has 0 radical (unpaired) electrons. The molecular weight excluding hydrogens is 260 g/mol. The molecule has 0 fully saturated rings. The third-order valence-corrected chi connectivity index (χ3v) is 3.04. The maximum atomic E-state index is 11.8. The first kappa shape index (κ1) is 14.1. The van der Waals surface area contributed by atoms with E-state index in [2.05, 4.69) is 20.7 Å². The van der Waals surface area contributed by atoms with Gasteiger partial charge in [0.25, 0.3) is 5.56 Å². The Bertz CT molecular complexity index is 651. The molecule has 108 valence electrons. The molecule has 0 bridgehead atoms. The third kappa shape index (κ3) is 3.17. The molecule has 0 spiro atoms. The smallest absolute Gasteiger partial charge is 0.267 e. The van der Waals surface area contributed by atoms with E-state index in [0.717, 1.165) is 5.76 Å². The Morgan fingerprint density at radius 2 is 2.20 bits per heavy atom. The summed E-state index contributed by atoms with van der Waals surface area (Å²) in [6.45, 7) is 6.04. The summed E-state index contributed by atoms with van der Waals surface area (Å²) in [5.74, 6) is 0.812. The van der Waals surface area contributed by atoms with Crippen LogP contribution in [0.15, 0.2) is 15.4 Å². The summed E-state index contributed by atoms with van der Waals surface area (Å²) in [5, 5.41) is 11.7. The molecule has 20 heavy (non-hydrogen) atoms. The Morgan fingerprint density at radius 1 is 1.45 bits per heavy atom. The van der Waals surface area contributed by atoms with E-state index < -0.39 is 0 Å². The van der Waals surface area contributed by atoms with Crippen LogP contribution in [-0.2, 0) is 17.8 Å². The highest BCUT2D eigenvalue weighted by atomic mass is 16.5. The molecule has 0 aliphatic carbocycles. The number of carbonyl (C=O) groups is 1. The molecule has 0 saturated heterocycles. The Morgan fingerprint density at radius 3 is 2.75 bits per heavy atom. The molecule has 0 aromatic carbocycles. The summed E-state index contributed by atoms with van der Waals surface area (Å²) >= 11 is 0. The molecular formula is C13H18N4O3. The number of nitrogens with zero attached hydrogens (tertiary/aromatic N) is 1. The maximum absolute atomic E-state index is 11.8. The summed E-state index contributed by atoms with van der Waals surface area (Å²) in [6.07, 6.45) is 0.0412. The van der Waals surface area contributed by atoms with Crippen LogP contribution in [0.4, 0.5) is 0 Å². The molecule has 2 heterocycles. The van der Waals surface area contributed by atoms with Crippen molar-refractivity contribution >= 4 is 5.91 Å². The molecule has 7 heteroatoms.